The van der Waals surface area contributed by atoms with Crippen LogP contribution < -0.4 is 10.2 Å². The van der Waals surface area contributed by atoms with Crippen LogP contribution in [0.4, 0.5) is 18.9 Å². The standard InChI is InChI=1S/C15H21F3N2/c1-2-11-7-13(19-8-15(17)18)10-20(9-11)14-5-3-12(16)4-6-14/h3-6,11,13,15,19H,2,7-10H2,1H3. The zero-order valence-electron chi connectivity index (χ0n) is 11.7. The Hall–Kier alpha value is -1.23. The molecule has 0 bridgehead atoms. The number of anilines is 1. The van der Waals surface area contributed by atoms with E-state index < -0.39 is 6.43 Å². The highest BCUT2D eigenvalue weighted by Gasteiger charge is 2.26. The normalized spacial score (nSPS) is 23.4. The van der Waals surface area contributed by atoms with Crippen molar-refractivity contribution < 1.29 is 13.2 Å². The predicted octanol–water partition coefficient (Wildman–Crippen LogP) is 3.29. The molecule has 2 rings (SSSR count). The molecule has 0 aliphatic carbocycles. The average molecular weight is 286 g/mol. The second kappa shape index (κ2) is 6.97. The van der Waals surface area contributed by atoms with E-state index >= 15 is 0 Å². The summed E-state index contributed by atoms with van der Waals surface area (Å²) in [6.07, 6.45) is -0.387. The van der Waals surface area contributed by atoms with Gasteiger partial charge in [0.15, 0.2) is 0 Å². The third-order valence-electron chi connectivity index (χ3n) is 3.87. The third kappa shape index (κ3) is 4.13. The number of halogens is 3. The van der Waals surface area contributed by atoms with Crippen LogP contribution >= 0.6 is 0 Å². The maximum absolute atomic E-state index is 13.0. The van der Waals surface area contributed by atoms with E-state index in [-0.39, 0.29) is 18.4 Å². The first-order valence-corrected chi connectivity index (χ1v) is 7.10. The molecule has 1 N–H and O–H groups in total. The molecule has 0 amide bonds. The van der Waals surface area contributed by atoms with E-state index in [4.69, 9.17) is 0 Å². The first-order chi connectivity index (χ1) is 9.58. The fraction of sp³-hybridized carbons (Fsp3) is 0.600. The zero-order chi connectivity index (χ0) is 14.5. The van der Waals surface area contributed by atoms with Gasteiger partial charge >= 0.3 is 0 Å². The summed E-state index contributed by atoms with van der Waals surface area (Å²) >= 11 is 0. The van der Waals surface area contributed by atoms with Crippen LogP contribution in [0.25, 0.3) is 0 Å². The molecule has 2 atom stereocenters. The van der Waals surface area contributed by atoms with Crippen LogP contribution in [0.1, 0.15) is 19.8 Å². The molecule has 1 heterocycles. The molecular weight excluding hydrogens is 265 g/mol. The van der Waals surface area contributed by atoms with Gasteiger partial charge in [0.05, 0.1) is 6.54 Å². The molecule has 0 radical (unpaired) electrons. The van der Waals surface area contributed by atoms with Gasteiger partial charge in [-0.25, -0.2) is 13.2 Å². The van der Waals surface area contributed by atoms with Crippen LogP contribution in [0.3, 0.4) is 0 Å². The van der Waals surface area contributed by atoms with Crippen molar-refractivity contribution >= 4 is 5.69 Å². The molecule has 0 aromatic heterocycles. The van der Waals surface area contributed by atoms with Crippen molar-refractivity contribution in [3.05, 3.63) is 30.1 Å². The van der Waals surface area contributed by atoms with Gasteiger partial charge in [-0.15, -0.1) is 0 Å². The Morgan fingerprint density at radius 1 is 1.25 bits per heavy atom. The Kier molecular flexibility index (Phi) is 5.29. The van der Waals surface area contributed by atoms with Gasteiger partial charge in [-0.2, -0.15) is 0 Å². The number of hydrogen-bond acceptors (Lipinski definition) is 2. The lowest BCUT2D eigenvalue weighted by atomic mass is 9.91. The number of rotatable bonds is 5. The van der Waals surface area contributed by atoms with Gasteiger partial charge in [-0.05, 0) is 36.6 Å². The molecule has 2 nitrogen and oxygen atoms in total. The molecule has 1 aliphatic rings. The lowest BCUT2D eigenvalue weighted by molar-refractivity contribution is 0.137. The smallest absolute Gasteiger partial charge is 0.250 e. The molecule has 1 fully saturated rings. The van der Waals surface area contributed by atoms with Gasteiger partial charge in [0.1, 0.15) is 5.82 Å². The Morgan fingerprint density at radius 2 is 1.95 bits per heavy atom. The molecule has 1 aromatic rings. The van der Waals surface area contributed by atoms with E-state index in [1.165, 1.54) is 12.1 Å². The summed E-state index contributed by atoms with van der Waals surface area (Å²) in [5.41, 5.74) is 0.952. The summed E-state index contributed by atoms with van der Waals surface area (Å²) in [5.74, 6) is 0.217. The summed E-state index contributed by atoms with van der Waals surface area (Å²) in [6, 6.07) is 6.43. The molecule has 0 saturated carbocycles. The molecule has 0 spiro atoms. The van der Waals surface area contributed by atoms with Gasteiger partial charge in [-0.1, -0.05) is 13.3 Å². The predicted molar refractivity (Wildman–Crippen MR) is 74.8 cm³/mol. The molecular formula is C15H21F3N2. The van der Waals surface area contributed by atoms with Crippen LogP contribution in [0, 0.1) is 11.7 Å². The quantitative estimate of drug-likeness (QED) is 0.893. The van der Waals surface area contributed by atoms with Crippen LogP contribution in [-0.2, 0) is 0 Å². The zero-order valence-corrected chi connectivity index (χ0v) is 11.7. The number of benzene rings is 1. The summed E-state index contributed by atoms with van der Waals surface area (Å²) in [7, 11) is 0. The van der Waals surface area contributed by atoms with Crippen molar-refractivity contribution in [2.75, 3.05) is 24.5 Å². The van der Waals surface area contributed by atoms with Crippen molar-refractivity contribution in [3.63, 3.8) is 0 Å². The van der Waals surface area contributed by atoms with Crippen LogP contribution in [0.15, 0.2) is 24.3 Å². The highest BCUT2D eigenvalue weighted by Crippen LogP contribution is 2.25. The fourth-order valence-corrected chi connectivity index (χ4v) is 2.77. The summed E-state index contributed by atoms with van der Waals surface area (Å²) in [6.45, 7) is 3.44. The molecule has 112 valence electrons. The van der Waals surface area contributed by atoms with Gasteiger partial charge in [0.2, 0.25) is 0 Å². The molecule has 1 aromatic carbocycles. The van der Waals surface area contributed by atoms with Gasteiger partial charge in [0.25, 0.3) is 6.43 Å². The SMILES string of the molecule is CCC1CC(NCC(F)F)CN(c2ccc(F)cc2)C1. The van der Waals surface area contributed by atoms with E-state index in [1.54, 1.807) is 12.1 Å². The van der Waals surface area contributed by atoms with Gasteiger partial charge in [-0.3, -0.25) is 0 Å². The summed E-state index contributed by atoms with van der Waals surface area (Å²) < 4.78 is 37.6. The van der Waals surface area contributed by atoms with E-state index in [0.29, 0.717) is 12.5 Å². The number of nitrogens with one attached hydrogen (secondary N) is 1. The van der Waals surface area contributed by atoms with Crippen LogP contribution in [0.5, 0.6) is 0 Å². The first-order valence-electron chi connectivity index (χ1n) is 7.10. The molecule has 2 unspecified atom stereocenters. The topological polar surface area (TPSA) is 15.3 Å². The van der Waals surface area contributed by atoms with Crippen molar-refractivity contribution in [1.82, 2.24) is 5.32 Å². The van der Waals surface area contributed by atoms with Crippen LogP contribution in [-0.4, -0.2) is 32.1 Å². The van der Waals surface area contributed by atoms with Crippen molar-refractivity contribution in [1.29, 1.82) is 0 Å². The highest BCUT2D eigenvalue weighted by atomic mass is 19.3. The molecule has 5 heteroatoms. The number of hydrogen-bond donors (Lipinski definition) is 1. The Balaban J connectivity index is 2.02. The Labute approximate surface area is 118 Å². The number of alkyl halides is 2. The van der Waals surface area contributed by atoms with Gasteiger partial charge < -0.3 is 10.2 Å². The van der Waals surface area contributed by atoms with Crippen LogP contribution in [0.2, 0.25) is 0 Å². The number of piperidine rings is 1. The average Bonchev–Trinajstić information content (AvgIpc) is 2.45. The van der Waals surface area contributed by atoms with E-state index in [0.717, 1.165) is 25.1 Å². The molecule has 1 saturated heterocycles. The molecule has 1 aliphatic heterocycles. The second-order valence-corrected chi connectivity index (χ2v) is 5.39. The first kappa shape index (κ1) is 15.2. The Bertz CT molecular complexity index is 408. The Morgan fingerprint density at radius 3 is 2.55 bits per heavy atom. The number of nitrogens with zero attached hydrogens (tertiary/aromatic N) is 1. The minimum Gasteiger partial charge on any atom is -0.370 e. The fourth-order valence-electron chi connectivity index (χ4n) is 2.77. The van der Waals surface area contributed by atoms with Crippen molar-refractivity contribution in [2.45, 2.75) is 32.2 Å². The molecule has 20 heavy (non-hydrogen) atoms. The minimum absolute atomic E-state index is 0.0627. The van der Waals surface area contributed by atoms with Gasteiger partial charge in [0, 0.05) is 24.8 Å². The van der Waals surface area contributed by atoms with Crippen molar-refractivity contribution in [2.24, 2.45) is 5.92 Å². The monoisotopic (exact) mass is 286 g/mol. The third-order valence-corrected chi connectivity index (χ3v) is 3.87. The lowest BCUT2D eigenvalue weighted by Crippen LogP contribution is -2.50. The van der Waals surface area contributed by atoms with E-state index in [9.17, 15) is 13.2 Å². The van der Waals surface area contributed by atoms with Crippen molar-refractivity contribution in [3.8, 4) is 0 Å². The highest BCUT2D eigenvalue weighted by molar-refractivity contribution is 5.47. The van der Waals surface area contributed by atoms with E-state index in [1.807, 2.05) is 0 Å². The maximum atomic E-state index is 13.0. The second-order valence-electron chi connectivity index (χ2n) is 5.39. The summed E-state index contributed by atoms with van der Waals surface area (Å²) in [4.78, 5) is 2.15. The summed E-state index contributed by atoms with van der Waals surface area (Å²) in [5, 5.41) is 2.93. The lowest BCUT2D eigenvalue weighted by Gasteiger charge is -2.39. The largest absolute Gasteiger partial charge is 0.370 e. The van der Waals surface area contributed by atoms with E-state index in [2.05, 4.69) is 17.1 Å². The maximum Gasteiger partial charge on any atom is 0.250 e. The minimum atomic E-state index is -2.32.